The smallest absolute Gasteiger partial charge is 0.436 e. The molecule has 4 aromatic carbocycles. The Morgan fingerprint density at radius 1 is 0.647 bits per heavy atom. The molecule has 2 saturated heterocycles. The van der Waals surface area contributed by atoms with E-state index in [1.807, 2.05) is 36.4 Å². The second-order valence-electron chi connectivity index (χ2n) is 15.4. The van der Waals surface area contributed by atoms with Crippen molar-refractivity contribution in [1.29, 1.82) is 0 Å². The van der Waals surface area contributed by atoms with Crippen molar-refractivity contribution in [3.63, 3.8) is 0 Å². The molecule has 0 bridgehead atoms. The average Bonchev–Trinajstić information content (AvgIpc) is 3.78. The minimum Gasteiger partial charge on any atom is -0.479 e. The number of rotatable bonds is 8. The zero-order valence-electron chi connectivity index (χ0n) is 35.9. The molecule has 68 heavy (non-hydrogen) atoms. The molecule has 2 aliphatic heterocycles. The van der Waals surface area contributed by atoms with Crippen LogP contribution in [-0.2, 0) is 28.4 Å². The van der Waals surface area contributed by atoms with Gasteiger partial charge in [-0.15, -0.1) is 0 Å². The molecular weight excluding hydrogens is 980 g/mol. The summed E-state index contributed by atoms with van der Waals surface area (Å²) < 4.78 is 80.1. The standard InChI is InChI=1S/C23H21Cl2F3N4O.C13H10ClF3N2O2.C10H13ClN2.CH4/c1-15-21(25)22(23(26,27)28)29-32(15)19-5-3-2-4-16(19)14-20(33)31-12-10-30(11-13-31)18-8-6-17(24)7-9-18;1-7-9(14)11(13(15,16)17)18-19(7)10(12(20)21)8-5-3-2-4-6-8;11-9-1-3-10(4-2-9)13-7-5-12-6-8-13;/h2-9H,10-14H2,1H3;2-6,10H,1H3,(H,20,21);1-4,12H,5-8H2;1H4. The van der Waals surface area contributed by atoms with Gasteiger partial charge < -0.3 is 25.1 Å². The normalized spacial score (nSPS) is 14.5. The molecular formula is C47H48Cl4F6N8O3. The number of carbonyl (C=O) groups is 2. The predicted octanol–water partition coefficient (Wildman–Crippen LogP) is 11.3. The molecule has 0 saturated carbocycles. The highest BCUT2D eigenvalue weighted by Crippen LogP contribution is 2.38. The number of alkyl halides is 6. The van der Waals surface area contributed by atoms with Gasteiger partial charge in [0.25, 0.3) is 0 Å². The summed E-state index contributed by atoms with van der Waals surface area (Å²) in [5, 5.41) is 20.1. The van der Waals surface area contributed by atoms with Gasteiger partial charge in [-0.1, -0.05) is 102 Å². The number of hydrogen-bond acceptors (Lipinski definition) is 7. The number of carboxylic acids is 1. The van der Waals surface area contributed by atoms with Crippen LogP contribution in [0.3, 0.4) is 0 Å². The van der Waals surface area contributed by atoms with Crippen molar-refractivity contribution < 1.29 is 41.0 Å². The van der Waals surface area contributed by atoms with Crippen LogP contribution < -0.4 is 15.1 Å². The first-order valence-electron chi connectivity index (χ1n) is 20.7. The van der Waals surface area contributed by atoms with E-state index >= 15 is 0 Å². The van der Waals surface area contributed by atoms with Crippen molar-refractivity contribution in [1.82, 2.24) is 29.8 Å². The highest BCUT2D eigenvalue weighted by atomic mass is 35.5. The number of halogens is 10. The van der Waals surface area contributed by atoms with Crippen LogP contribution in [0.4, 0.5) is 37.7 Å². The van der Waals surface area contributed by atoms with Gasteiger partial charge in [-0.3, -0.25) is 4.79 Å². The third-order valence-electron chi connectivity index (χ3n) is 10.9. The van der Waals surface area contributed by atoms with Gasteiger partial charge in [-0.05, 0) is 79.6 Å². The fourth-order valence-corrected chi connectivity index (χ4v) is 8.14. The molecule has 0 aliphatic carbocycles. The van der Waals surface area contributed by atoms with Crippen LogP contribution in [0.25, 0.3) is 5.69 Å². The van der Waals surface area contributed by atoms with Gasteiger partial charge in [-0.2, -0.15) is 36.5 Å². The number of hydrogen-bond donors (Lipinski definition) is 2. The monoisotopic (exact) mass is 1030 g/mol. The molecule has 1 atom stereocenters. The molecule has 2 aromatic heterocycles. The summed E-state index contributed by atoms with van der Waals surface area (Å²) in [6, 6.07) is 28.9. The Hall–Kier alpha value is -5.46. The number of nitrogens with one attached hydrogen (secondary N) is 1. The van der Waals surface area contributed by atoms with Crippen LogP contribution in [0, 0.1) is 13.8 Å². The second-order valence-corrected chi connectivity index (χ2v) is 17.0. The van der Waals surface area contributed by atoms with Gasteiger partial charge >= 0.3 is 18.3 Å². The first kappa shape index (κ1) is 53.5. The number of carbonyl (C=O) groups excluding carboxylic acids is 1. The molecule has 8 rings (SSSR count). The largest absolute Gasteiger partial charge is 0.479 e. The summed E-state index contributed by atoms with van der Waals surface area (Å²) in [6.07, 6.45) is -9.36. The maximum absolute atomic E-state index is 13.3. The minimum atomic E-state index is -4.74. The molecule has 4 heterocycles. The zero-order valence-corrected chi connectivity index (χ0v) is 39.0. The van der Waals surface area contributed by atoms with Crippen molar-refractivity contribution in [2.45, 2.75) is 46.1 Å². The van der Waals surface area contributed by atoms with E-state index in [0.717, 1.165) is 46.3 Å². The highest BCUT2D eigenvalue weighted by Gasteiger charge is 2.41. The lowest BCUT2D eigenvalue weighted by Gasteiger charge is -2.36. The lowest BCUT2D eigenvalue weighted by atomic mass is 10.1. The first-order valence-corrected chi connectivity index (χ1v) is 22.3. The van der Waals surface area contributed by atoms with Crippen molar-refractivity contribution >= 4 is 69.7 Å². The molecule has 1 unspecified atom stereocenters. The van der Waals surface area contributed by atoms with Crippen molar-refractivity contribution in [2.75, 3.05) is 62.2 Å². The van der Waals surface area contributed by atoms with E-state index in [9.17, 15) is 41.0 Å². The van der Waals surface area contributed by atoms with Crippen LogP contribution in [0.1, 0.15) is 47.4 Å². The predicted molar refractivity (Wildman–Crippen MR) is 255 cm³/mol. The maximum atomic E-state index is 13.3. The van der Waals surface area contributed by atoms with Gasteiger partial charge in [-0.25, -0.2) is 14.2 Å². The Morgan fingerprint density at radius 3 is 1.60 bits per heavy atom. The molecule has 2 N–H and O–H groups in total. The van der Waals surface area contributed by atoms with E-state index in [1.54, 1.807) is 47.4 Å². The van der Waals surface area contributed by atoms with Crippen molar-refractivity contribution in [2.24, 2.45) is 0 Å². The maximum Gasteiger partial charge on any atom is 0.436 e. The van der Waals surface area contributed by atoms with Crippen LogP contribution in [0.15, 0.2) is 103 Å². The van der Waals surface area contributed by atoms with E-state index < -0.39 is 45.8 Å². The number of amides is 1. The van der Waals surface area contributed by atoms with E-state index in [-0.39, 0.29) is 31.1 Å². The molecule has 0 spiro atoms. The van der Waals surface area contributed by atoms with Crippen LogP contribution in [0.5, 0.6) is 0 Å². The summed E-state index contributed by atoms with van der Waals surface area (Å²) in [4.78, 5) is 30.8. The van der Waals surface area contributed by atoms with E-state index in [0.29, 0.717) is 48.0 Å². The van der Waals surface area contributed by atoms with Crippen molar-refractivity contribution in [3.05, 3.63) is 157 Å². The third kappa shape index (κ3) is 13.2. The number of carboxylic acid groups (broad SMARTS) is 1. The molecule has 2 aliphatic rings. The van der Waals surface area contributed by atoms with E-state index in [4.69, 9.17) is 46.4 Å². The highest BCUT2D eigenvalue weighted by molar-refractivity contribution is 6.32. The molecule has 6 aromatic rings. The SMILES string of the molecule is C.Cc1c(Cl)c(C(F)(F)F)nn1-c1ccccc1CC(=O)N1CCN(c2ccc(Cl)cc2)CC1.Cc1c(Cl)c(C(F)(F)F)nn1C(C(=O)O)c1ccccc1.Clc1ccc(N2CCNCC2)cc1. The molecule has 2 fully saturated rings. The average molecular weight is 1030 g/mol. The second kappa shape index (κ2) is 23.2. The molecule has 11 nitrogen and oxygen atoms in total. The Morgan fingerprint density at radius 2 is 1.12 bits per heavy atom. The molecule has 364 valence electrons. The van der Waals surface area contributed by atoms with Crippen LogP contribution in [0.2, 0.25) is 20.1 Å². The Kier molecular flexibility index (Phi) is 18.3. The number of aromatic nitrogens is 4. The van der Waals surface area contributed by atoms with Crippen molar-refractivity contribution in [3.8, 4) is 5.69 Å². The number of nitrogens with zero attached hydrogens (tertiary/aromatic N) is 7. The van der Waals surface area contributed by atoms with Gasteiger partial charge in [0, 0.05) is 73.8 Å². The number of anilines is 2. The lowest BCUT2D eigenvalue weighted by molar-refractivity contribution is -0.144. The van der Waals surface area contributed by atoms with Gasteiger partial charge in [0.1, 0.15) is 0 Å². The first-order chi connectivity index (χ1) is 31.7. The third-order valence-corrected chi connectivity index (χ3v) is 12.4. The Balaban J connectivity index is 0.000000210. The fraction of sp³-hybridized carbons (Fsp3) is 0.319. The number of piperazine rings is 2. The minimum absolute atomic E-state index is 0. The number of benzene rings is 4. The topological polar surface area (TPSA) is 112 Å². The van der Waals surface area contributed by atoms with Gasteiger partial charge in [0.2, 0.25) is 5.91 Å². The summed E-state index contributed by atoms with van der Waals surface area (Å²) >= 11 is 23.3. The quantitative estimate of drug-likeness (QED) is 0.145. The van der Waals surface area contributed by atoms with Gasteiger partial charge in [0.15, 0.2) is 17.4 Å². The van der Waals surface area contributed by atoms with E-state index in [1.165, 1.54) is 31.7 Å². The van der Waals surface area contributed by atoms with Crippen LogP contribution in [-0.4, -0.2) is 93.8 Å². The number of para-hydroxylation sites is 1. The molecule has 21 heteroatoms. The lowest BCUT2D eigenvalue weighted by Crippen LogP contribution is -2.49. The summed E-state index contributed by atoms with van der Waals surface area (Å²) in [6.45, 7) is 9.54. The number of aliphatic carboxylic acids is 1. The fourth-order valence-electron chi connectivity index (χ4n) is 7.44. The van der Waals surface area contributed by atoms with Crippen LogP contribution >= 0.6 is 46.4 Å². The Labute approximate surface area is 409 Å². The molecule has 1 amide bonds. The summed E-state index contributed by atoms with van der Waals surface area (Å²) in [5.41, 5.74) is 1.29. The van der Waals surface area contributed by atoms with Gasteiger partial charge in [0.05, 0.1) is 33.5 Å². The summed E-state index contributed by atoms with van der Waals surface area (Å²) in [7, 11) is 0. The Bertz CT molecular complexity index is 2610. The molecule has 0 radical (unpaired) electrons. The summed E-state index contributed by atoms with van der Waals surface area (Å²) in [5.74, 6) is -1.41. The zero-order chi connectivity index (χ0) is 48.6. The van der Waals surface area contributed by atoms with E-state index in [2.05, 4.69) is 37.4 Å².